The average Bonchev–Trinajstić information content (AvgIpc) is 2.51. The van der Waals surface area contributed by atoms with E-state index < -0.39 is 41.7 Å². The van der Waals surface area contributed by atoms with Gasteiger partial charge in [-0.3, -0.25) is 4.79 Å². The smallest absolute Gasteiger partial charge is 0.436 e. The highest BCUT2D eigenvalue weighted by Crippen LogP contribution is 2.45. The highest BCUT2D eigenvalue weighted by atomic mass is 19.1. The van der Waals surface area contributed by atoms with E-state index in [9.17, 15) is 18.8 Å². The first kappa shape index (κ1) is 19.7. The van der Waals surface area contributed by atoms with Gasteiger partial charge in [0.1, 0.15) is 5.82 Å². The second-order valence-corrected chi connectivity index (χ2v) is 6.52. The number of nitrogens with zero attached hydrogens (tertiary/aromatic N) is 2. The molecule has 0 N–H and O–H groups in total. The molecule has 1 aromatic rings. The Balaban J connectivity index is 2.50. The van der Waals surface area contributed by atoms with Gasteiger partial charge in [0.05, 0.1) is 12.2 Å². The van der Waals surface area contributed by atoms with Crippen molar-refractivity contribution in [2.45, 2.75) is 58.8 Å². The Bertz CT molecular complexity index is 721. The van der Waals surface area contributed by atoms with E-state index in [0.717, 1.165) is 5.01 Å². The number of carbonyl (C=O) groups excluding carboxylic acids is 3. The van der Waals surface area contributed by atoms with Crippen LogP contribution >= 0.6 is 0 Å². The van der Waals surface area contributed by atoms with Crippen LogP contribution in [-0.4, -0.2) is 40.3 Å². The van der Waals surface area contributed by atoms with Gasteiger partial charge < -0.3 is 9.47 Å². The summed E-state index contributed by atoms with van der Waals surface area (Å²) in [5, 5.41) is 1.52. The summed E-state index contributed by atoms with van der Waals surface area (Å²) in [5.41, 5.74) is -1.26. The SMILES string of the molecule is CCC1(c2cccc(F)c2)C(=O)N(C(=O)OC(C)C)N1C(=O)OC(C)C. The highest BCUT2D eigenvalue weighted by molar-refractivity contribution is 6.06. The Morgan fingerprint density at radius 2 is 1.69 bits per heavy atom. The third-order valence-electron chi connectivity index (χ3n) is 3.94. The van der Waals surface area contributed by atoms with Gasteiger partial charge >= 0.3 is 12.2 Å². The van der Waals surface area contributed by atoms with Crippen LogP contribution in [0.25, 0.3) is 0 Å². The highest BCUT2D eigenvalue weighted by Gasteiger charge is 2.65. The van der Waals surface area contributed by atoms with Gasteiger partial charge in [0, 0.05) is 0 Å². The normalized spacial score (nSPS) is 19.6. The Hall–Kier alpha value is -2.64. The van der Waals surface area contributed by atoms with Gasteiger partial charge in [0.15, 0.2) is 5.54 Å². The number of hydrogen-bond acceptors (Lipinski definition) is 5. The van der Waals surface area contributed by atoms with Crippen LogP contribution in [0.1, 0.15) is 46.6 Å². The van der Waals surface area contributed by atoms with E-state index in [2.05, 4.69) is 0 Å². The minimum Gasteiger partial charge on any atom is -0.445 e. The van der Waals surface area contributed by atoms with Crippen LogP contribution < -0.4 is 0 Å². The van der Waals surface area contributed by atoms with E-state index in [1.807, 2.05) is 0 Å². The third kappa shape index (κ3) is 3.23. The van der Waals surface area contributed by atoms with Crippen LogP contribution in [0.4, 0.5) is 14.0 Å². The third-order valence-corrected chi connectivity index (χ3v) is 3.94. The van der Waals surface area contributed by atoms with Crippen LogP contribution in [0.2, 0.25) is 0 Å². The largest absolute Gasteiger partial charge is 0.445 e. The van der Waals surface area contributed by atoms with Gasteiger partial charge in [0.25, 0.3) is 5.91 Å². The predicted molar refractivity (Wildman–Crippen MR) is 90.3 cm³/mol. The molecule has 7 nitrogen and oxygen atoms in total. The lowest BCUT2D eigenvalue weighted by molar-refractivity contribution is -0.205. The molecule has 2 rings (SSSR count). The number of carbonyl (C=O) groups is 3. The molecule has 0 spiro atoms. The zero-order chi connectivity index (χ0) is 19.6. The summed E-state index contributed by atoms with van der Waals surface area (Å²) in [4.78, 5) is 37.8. The summed E-state index contributed by atoms with van der Waals surface area (Å²) in [6.45, 7) is 8.21. The maximum atomic E-state index is 13.7. The van der Waals surface area contributed by atoms with Crippen LogP contribution in [0, 0.1) is 5.82 Å². The Morgan fingerprint density at radius 1 is 1.12 bits per heavy atom. The molecule has 1 aliphatic rings. The monoisotopic (exact) mass is 366 g/mol. The average molecular weight is 366 g/mol. The number of imide groups is 1. The summed E-state index contributed by atoms with van der Waals surface area (Å²) < 4.78 is 24.0. The topological polar surface area (TPSA) is 76.2 Å². The number of amides is 3. The summed E-state index contributed by atoms with van der Waals surface area (Å²) in [5.74, 6) is -1.22. The van der Waals surface area contributed by atoms with E-state index in [4.69, 9.17) is 9.47 Å². The molecule has 0 bridgehead atoms. The van der Waals surface area contributed by atoms with Crippen molar-refractivity contribution >= 4 is 18.1 Å². The second kappa shape index (κ2) is 7.31. The quantitative estimate of drug-likeness (QED) is 0.814. The standard InChI is InChI=1S/C18H23FN2O5/c1-6-18(13-8-7-9-14(19)10-13)15(22)20(16(23)25-11(2)3)21(18)17(24)26-12(4)5/h7-12H,6H2,1-5H3. The number of hydrogen-bond donors (Lipinski definition) is 0. The molecule has 8 heteroatoms. The molecule has 1 atom stereocenters. The first-order valence-corrected chi connectivity index (χ1v) is 8.47. The van der Waals surface area contributed by atoms with Crippen molar-refractivity contribution in [3.63, 3.8) is 0 Å². The lowest BCUT2D eigenvalue weighted by Gasteiger charge is -2.54. The summed E-state index contributed by atoms with van der Waals surface area (Å²) in [6, 6.07) is 5.38. The number of benzene rings is 1. The van der Waals surface area contributed by atoms with Crippen molar-refractivity contribution in [2.24, 2.45) is 0 Å². The molecular formula is C18H23FN2O5. The lowest BCUT2D eigenvalue weighted by atomic mass is 9.81. The van der Waals surface area contributed by atoms with Crippen molar-refractivity contribution < 1.29 is 28.2 Å². The summed E-state index contributed by atoms with van der Waals surface area (Å²) in [6.07, 6.45) is -2.68. The molecule has 1 fully saturated rings. The zero-order valence-electron chi connectivity index (χ0n) is 15.5. The van der Waals surface area contributed by atoms with E-state index in [-0.39, 0.29) is 12.0 Å². The van der Waals surface area contributed by atoms with Gasteiger partial charge in [0.2, 0.25) is 0 Å². The molecule has 0 radical (unpaired) electrons. The molecule has 1 unspecified atom stereocenters. The first-order valence-electron chi connectivity index (χ1n) is 8.47. The van der Waals surface area contributed by atoms with E-state index >= 15 is 0 Å². The Kier molecular flexibility index (Phi) is 5.53. The maximum absolute atomic E-state index is 13.7. The number of rotatable bonds is 4. The number of hydrazine groups is 1. The Labute approximate surface area is 151 Å². The molecule has 142 valence electrons. The van der Waals surface area contributed by atoms with Crippen molar-refractivity contribution in [1.82, 2.24) is 10.0 Å². The molecule has 3 amide bonds. The molecule has 1 aromatic carbocycles. The van der Waals surface area contributed by atoms with Crippen LogP contribution in [0.3, 0.4) is 0 Å². The van der Waals surface area contributed by atoms with Crippen molar-refractivity contribution in [1.29, 1.82) is 0 Å². The van der Waals surface area contributed by atoms with Crippen LogP contribution in [0.5, 0.6) is 0 Å². The zero-order valence-corrected chi connectivity index (χ0v) is 15.5. The van der Waals surface area contributed by atoms with Gasteiger partial charge in [-0.2, -0.15) is 5.01 Å². The van der Waals surface area contributed by atoms with Gasteiger partial charge in [-0.05, 0) is 51.8 Å². The fraction of sp³-hybridized carbons (Fsp3) is 0.500. The molecule has 1 aliphatic heterocycles. The minimum absolute atomic E-state index is 0.133. The molecule has 0 aliphatic carbocycles. The summed E-state index contributed by atoms with van der Waals surface area (Å²) >= 11 is 0. The number of halogens is 1. The maximum Gasteiger partial charge on any atom is 0.436 e. The van der Waals surface area contributed by atoms with Gasteiger partial charge in [-0.15, -0.1) is 5.01 Å². The fourth-order valence-electron chi connectivity index (χ4n) is 2.88. The molecule has 1 saturated heterocycles. The van der Waals surface area contributed by atoms with Crippen molar-refractivity contribution in [3.8, 4) is 0 Å². The van der Waals surface area contributed by atoms with Gasteiger partial charge in [-0.1, -0.05) is 19.1 Å². The van der Waals surface area contributed by atoms with Gasteiger partial charge in [-0.25, -0.2) is 14.0 Å². The first-order chi connectivity index (χ1) is 12.1. The van der Waals surface area contributed by atoms with Crippen LogP contribution in [0.15, 0.2) is 24.3 Å². The molecule has 0 aromatic heterocycles. The second-order valence-electron chi connectivity index (χ2n) is 6.52. The Morgan fingerprint density at radius 3 is 2.19 bits per heavy atom. The summed E-state index contributed by atoms with van der Waals surface area (Å²) in [7, 11) is 0. The number of ether oxygens (including phenoxy) is 2. The molecule has 1 heterocycles. The van der Waals surface area contributed by atoms with Crippen molar-refractivity contribution in [3.05, 3.63) is 35.6 Å². The predicted octanol–water partition coefficient (Wildman–Crippen LogP) is 3.58. The van der Waals surface area contributed by atoms with E-state index in [1.165, 1.54) is 24.3 Å². The molecule has 0 saturated carbocycles. The van der Waals surface area contributed by atoms with Crippen LogP contribution in [-0.2, 0) is 19.8 Å². The van der Waals surface area contributed by atoms with Crippen molar-refractivity contribution in [2.75, 3.05) is 0 Å². The fourth-order valence-corrected chi connectivity index (χ4v) is 2.88. The van der Waals surface area contributed by atoms with E-state index in [0.29, 0.717) is 5.01 Å². The molecular weight excluding hydrogens is 343 g/mol. The lowest BCUT2D eigenvalue weighted by Crippen LogP contribution is -2.78. The minimum atomic E-state index is -1.52. The van der Waals surface area contributed by atoms with E-state index in [1.54, 1.807) is 34.6 Å². The molecule has 26 heavy (non-hydrogen) atoms.